The van der Waals surface area contributed by atoms with E-state index in [-0.39, 0.29) is 18.0 Å². The normalized spacial score (nSPS) is 28.5. The number of morpholine rings is 1. The molecule has 2 aliphatic heterocycles. The summed E-state index contributed by atoms with van der Waals surface area (Å²) < 4.78 is 5.46. The van der Waals surface area contributed by atoms with Crippen LogP contribution in [0.15, 0.2) is 0 Å². The molecule has 2 N–H and O–H groups in total. The molecule has 0 radical (unpaired) electrons. The molecule has 128 valence electrons. The van der Waals surface area contributed by atoms with E-state index in [4.69, 9.17) is 4.74 Å². The van der Waals surface area contributed by atoms with Crippen molar-refractivity contribution in [3.05, 3.63) is 0 Å². The predicted molar refractivity (Wildman–Crippen MR) is 88.9 cm³/mol. The van der Waals surface area contributed by atoms with Crippen molar-refractivity contribution in [3.8, 4) is 0 Å². The van der Waals surface area contributed by atoms with E-state index in [0.29, 0.717) is 12.0 Å². The highest BCUT2D eigenvalue weighted by Crippen LogP contribution is 2.21. The van der Waals surface area contributed by atoms with Crippen LogP contribution in [0.5, 0.6) is 0 Å². The van der Waals surface area contributed by atoms with Crippen LogP contribution in [0, 0.1) is 5.92 Å². The first-order chi connectivity index (χ1) is 10.7. The van der Waals surface area contributed by atoms with Crippen molar-refractivity contribution in [2.75, 3.05) is 32.8 Å². The fourth-order valence-electron chi connectivity index (χ4n) is 3.78. The van der Waals surface area contributed by atoms with Gasteiger partial charge in [-0.05, 0) is 32.2 Å². The van der Waals surface area contributed by atoms with Gasteiger partial charge in [-0.3, -0.25) is 9.69 Å². The van der Waals surface area contributed by atoms with E-state index < -0.39 is 0 Å². The lowest BCUT2D eigenvalue weighted by atomic mass is 9.90. The lowest BCUT2D eigenvalue weighted by Gasteiger charge is -2.39. The Hall–Kier alpha value is -0.650. The summed E-state index contributed by atoms with van der Waals surface area (Å²) in [7, 11) is 0. The molecule has 2 fully saturated rings. The molecule has 2 heterocycles. The van der Waals surface area contributed by atoms with Gasteiger partial charge in [0.2, 0.25) is 5.91 Å². The smallest absolute Gasteiger partial charge is 0.237 e. The molecule has 0 spiro atoms. The Kier molecular flexibility index (Phi) is 7.12. The number of carbonyl (C=O) groups is 1. The van der Waals surface area contributed by atoms with Gasteiger partial charge in [0.05, 0.1) is 19.3 Å². The Labute approximate surface area is 135 Å². The molecule has 22 heavy (non-hydrogen) atoms. The van der Waals surface area contributed by atoms with Crippen molar-refractivity contribution in [1.82, 2.24) is 15.5 Å². The average molecular weight is 311 g/mol. The van der Waals surface area contributed by atoms with Gasteiger partial charge in [-0.25, -0.2) is 0 Å². The zero-order valence-corrected chi connectivity index (χ0v) is 14.4. The van der Waals surface area contributed by atoms with E-state index in [1.807, 2.05) is 0 Å². The molecule has 0 aromatic carbocycles. The van der Waals surface area contributed by atoms with Gasteiger partial charge in [-0.2, -0.15) is 0 Å². The Morgan fingerprint density at radius 1 is 1.32 bits per heavy atom. The molecule has 5 heteroatoms. The second kappa shape index (κ2) is 8.85. The van der Waals surface area contributed by atoms with Crippen molar-refractivity contribution in [1.29, 1.82) is 0 Å². The lowest BCUT2D eigenvalue weighted by Crippen LogP contribution is -2.59. The number of hydrogen-bond donors (Lipinski definition) is 2. The SMILES string of the molecule is CCC(CC)C(C(=O)NC1CCCNC1C)N1CCOCC1. The highest BCUT2D eigenvalue weighted by Gasteiger charge is 2.34. The molecule has 2 rings (SSSR count). The molecule has 5 nitrogen and oxygen atoms in total. The summed E-state index contributed by atoms with van der Waals surface area (Å²) in [6.45, 7) is 10.8. The van der Waals surface area contributed by atoms with Crippen molar-refractivity contribution < 1.29 is 9.53 Å². The quantitative estimate of drug-likeness (QED) is 0.778. The summed E-state index contributed by atoms with van der Waals surface area (Å²) in [6, 6.07) is 0.622. The number of piperidine rings is 1. The molecule has 3 atom stereocenters. The summed E-state index contributed by atoms with van der Waals surface area (Å²) in [6.07, 6.45) is 4.32. The molecule has 2 saturated heterocycles. The van der Waals surface area contributed by atoms with Crippen LogP contribution >= 0.6 is 0 Å². The van der Waals surface area contributed by atoms with Gasteiger partial charge < -0.3 is 15.4 Å². The van der Waals surface area contributed by atoms with Crippen molar-refractivity contribution >= 4 is 5.91 Å². The van der Waals surface area contributed by atoms with Crippen LogP contribution < -0.4 is 10.6 Å². The molecular weight excluding hydrogens is 278 g/mol. The number of amides is 1. The van der Waals surface area contributed by atoms with Gasteiger partial charge in [0, 0.05) is 25.2 Å². The van der Waals surface area contributed by atoms with Crippen LogP contribution in [0.2, 0.25) is 0 Å². The highest BCUT2D eigenvalue weighted by atomic mass is 16.5. The third-order valence-corrected chi connectivity index (χ3v) is 5.29. The first kappa shape index (κ1) is 17.7. The van der Waals surface area contributed by atoms with E-state index in [1.54, 1.807) is 0 Å². The second-order valence-corrected chi connectivity index (χ2v) is 6.67. The highest BCUT2D eigenvalue weighted by molar-refractivity contribution is 5.82. The maximum absolute atomic E-state index is 13.0. The van der Waals surface area contributed by atoms with Gasteiger partial charge in [-0.1, -0.05) is 26.7 Å². The first-order valence-electron chi connectivity index (χ1n) is 9.02. The predicted octanol–water partition coefficient (Wildman–Crippen LogP) is 1.38. The Balaban J connectivity index is 2.03. The maximum atomic E-state index is 13.0. The monoisotopic (exact) mass is 311 g/mol. The lowest BCUT2D eigenvalue weighted by molar-refractivity contribution is -0.132. The fraction of sp³-hybridized carbons (Fsp3) is 0.941. The fourth-order valence-corrected chi connectivity index (χ4v) is 3.78. The number of rotatable bonds is 6. The Morgan fingerprint density at radius 2 is 2.00 bits per heavy atom. The maximum Gasteiger partial charge on any atom is 0.237 e. The molecule has 0 saturated carbocycles. The number of ether oxygens (including phenoxy) is 1. The van der Waals surface area contributed by atoms with Gasteiger partial charge >= 0.3 is 0 Å². The van der Waals surface area contributed by atoms with Crippen LogP contribution in [-0.4, -0.2) is 61.8 Å². The number of nitrogens with zero attached hydrogens (tertiary/aromatic N) is 1. The summed E-state index contributed by atoms with van der Waals surface area (Å²) in [5.41, 5.74) is 0. The third kappa shape index (κ3) is 4.43. The van der Waals surface area contributed by atoms with Gasteiger partial charge in [-0.15, -0.1) is 0 Å². The van der Waals surface area contributed by atoms with Gasteiger partial charge in [0.15, 0.2) is 0 Å². The van der Waals surface area contributed by atoms with Crippen LogP contribution in [0.4, 0.5) is 0 Å². The second-order valence-electron chi connectivity index (χ2n) is 6.67. The van der Waals surface area contributed by atoms with E-state index in [0.717, 1.165) is 58.5 Å². The third-order valence-electron chi connectivity index (χ3n) is 5.29. The number of nitrogens with one attached hydrogen (secondary N) is 2. The summed E-state index contributed by atoms with van der Waals surface area (Å²) in [5.74, 6) is 0.640. The van der Waals surface area contributed by atoms with Crippen LogP contribution in [0.1, 0.15) is 46.5 Å². The summed E-state index contributed by atoms with van der Waals surface area (Å²) in [5, 5.41) is 6.80. The average Bonchev–Trinajstić information content (AvgIpc) is 2.55. The molecule has 1 amide bonds. The molecule has 0 bridgehead atoms. The minimum absolute atomic E-state index is 0.00646. The minimum Gasteiger partial charge on any atom is -0.379 e. The van der Waals surface area contributed by atoms with Crippen LogP contribution in [0.3, 0.4) is 0 Å². The molecule has 0 aromatic heterocycles. The zero-order chi connectivity index (χ0) is 15.9. The Morgan fingerprint density at radius 3 is 2.59 bits per heavy atom. The van der Waals surface area contributed by atoms with Crippen LogP contribution in [0.25, 0.3) is 0 Å². The van der Waals surface area contributed by atoms with Gasteiger partial charge in [0.25, 0.3) is 0 Å². The topological polar surface area (TPSA) is 53.6 Å². The summed E-state index contributed by atoms with van der Waals surface area (Å²) in [4.78, 5) is 15.3. The number of hydrogen-bond acceptors (Lipinski definition) is 4. The summed E-state index contributed by atoms with van der Waals surface area (Å²) >= 11 is 0. The van der Waals surface area contributed by atoms with Crippen molar-refractivity contribution in [2.24, 2.45) is 5.92 Å². The Bertz CT molecular complexity index is 341. The van der Waals surface area contributed by atoms with Crippen molar-refractivity contribution in [3.63, 3.8) is 0 Å². The molecule has 3 unspecified atom stereocenters. The molecular formula is C17H33N3O2. The van der Waals surface area contributed by atoms with E-state index in [9.17, 15) is 4.79 Å². The standard InChI is InChI=1S/C17H33N3O2/c1-4-14(5-2)16(20-9-11-22-12-10-20)17(21)19-15-7-6-8-18-13(15)3/h13-16,18H,4-12H2,1-3H3,(H,19,21). The number of carbonyl (C=O) groups excluding carboxylic acids is 1. The zero-order valence-electron chi connectivity index (χ0n) is 14.4. The molecule has 0 aromatic rings. The first-order valence-corrected chi connectivity index (χ1v) is 9.02. The largest absolute Gasteiger partial charge is 0.379 e. The van der Waals surface area contributed by atoms with Crippen LogP contribution in [-0.2, 0) is 9.53 Å². The van der Waals surface area contributed by atoms with E-state index in [1.165, 1.54) is 0 Å². The molecule has 2 aliphatic rings. The molecule has 0 aliphatic carbocycles. The van der Waals surface area contributed by atoms with Gasteiger partial charge in [0.1, 0.15) is 0 Å². The van der Waals surface area contributed by atoms with Crippen molar-refractivity contribution in [2.45, 2.75) is 64.6 Å². The minimum atomic E-state index is -0.00646. The van der Waals surface area contributed by atoms with E-state index >= 15 is 0 Å². The van der Waals surface area contributed by atoms with E-state index in [2.05, 4.69) is 36.3 Å².